The van der Waals surface area contributed by atoms with E-state index >= 15 is 0 Å². The summed E-state index contributed by atoms with van der Waals surface area (Å²) in [5.74, 6) is -0.162. The van der Waals surface area contributed by atoms with Crippen LogP contribution in [0.5, 0.6) is 0 Å². The lowest BCUT2D eigenvalue weighted by molar-refractivity contribution is 0.102. The highest BCUT2D eigenvalue weighted by atomic mass is 32.1. The maximum Gasteiger partial charge on any atom is 0.339 e. The molecule has 8 nitrogen and oxygen atoms in total. The molecule has 0 aliphatic heterocycles. The smallest absolute Gasteiger partial charge is 0.339 e. The third-order valence-corrected chi connectivity index (χ3v) is 6.91. The normalized spacial score (nSPS) is 15.0. The van der Waals surface area contributed by atoms with Crippen molar-refractivity contribution >= 4 is 37.9 Å². The number of nitrogens with zero attached hydrogens (tertiary/aromatic N) is 1. The quantitative estimate of drug-likeness (QED) is 0.449. The minimum Gasteiger partial charge on any atom is -0.360 e. The number of rotatable bonds is 6. The van der Waals surface area contributed by atoms with Crippen LogP contribution in [0.1, 0.15) is 22.3 Å². The number of nitrogens with one attached hydrogen (secondary N) is 1. The van der Waals surface area contributed by atoms with Gasteiger partial charge in [-0.3, -0.25) is 13.9 Å². The fourth-order valence-electron chi connectivity index (χ4n) is 1.33. The van der Waals surface area contributed by atoms with Crippen LogP contribution in [0, 0.1) is 6.92 Å². The lowest BCUT2D eigenvalue weighted by Crippen LogP contribution is -2.16. The number of hydrogen-bond donors (Lipinski definition) is 4. The van der Waals surface area contributed by atoms with Gasteiger partial charge >= 0.3 is 7.60 Å². The van der Waals surface area contributed by atoms with Crippen LogP contribution in [0.2, 0.25) is 0 Å². The van der Waals surface area contributed by atoms with E-state index in [4.69, 9.17) is 14.7 Å². The first-order valence-electron chi connectivity index (χ1n) is 5.13. The van der Waals surface area contributed by atoms with Gasteiger partial charge in [0.05, 0.1) is 10.6 Å². The van der Waals surface area contributed by atoms with Crippen LogP contribution < -0.4 is 5.32 Å². The summed E-state index contributed by atoms with van der Waals surface area (Å²) in [5.41, 5.74) is 0.504. The number of aromatic nitrogens is 1. The average molecular weight is 328 g/mol. The molecule has 0 bridgehead atoms. The Hall–Kier alpha value is -0.560. The summed E-state index contributed by atoms with van der Waals surface area (Å²) < 4.78 is 22.0. The van der Waals surface area contributed by atoms with Crippen molar-refractivity contribution in [1.29, 1.82) is 0 Å². The van der Waals surface area contributed by atoms with Gasteiger partial charge in [0, 0.05) is 13.5 Å². The summed E-state index contributed by atoms with van der Waals surface area (Å²) in [7, 11) is -8.05. The van der Waals surface area contributed by atoms with E-state index in [1.807, 2.05) is 0 Å². The van der Waals surface area contributed by atoms with Crippen molar-refractivity contribution in [3.05, 3.63) is 10.6 Å². The number of carbonyl (C=O) groups is 1. The fraction of sp³-hybridized carbons (Fsp3) is 0.500. The summed E-state index contributed by atoms with van der Waals surface area (Å²) in [6.45, 7) is 2.63. The van der Waals surface area contributed by atoms with Gasteiger partial charge in [-0.05, 0) is 6.92 Å². The van der Waals surface area contributed by atoms with E-state index in [1.165, 1.54) is 6.92 Å². The molecule has 11 heteroatoms. The van der Waals surface area contributed by atoms with Crippen LogP contribution in [0.3, 0.4) is 0 Å². The molecular formula is C8H14N2O6P2S. The van der Waals surface area contributed by atoms with Crippen molar-refractivity contribution in [2.24, 2.45) is 0 Å². The molecule has 1 aromatic rings. The number of hydrogen-bond acceptors (Lipinski definition) is 6. The molecule has 2 unspecified atom stereocenters. The van der Waals surface area contributed by atoms with Gasteiger partial charge in [-0.1, -0.05) is 11.3 Å². The molecule has 0 spiro atoms. The maximum absolute atomic E-state index is 11.2. The van der Waals surface area contributed by atoms with Gasteiger partial charge < -0.3 is 20.0 Å². The van der Waals surface area contributed by atoms with E-state index in [9.17, 15) is 13.9 Å². The van der Waals surface area contributed by atoms with E-state index in [2.05, 4.69) is 10.3 Å². The van der Waals surface area contributed by atoms with Gasteiger partial charge in [0.1, 0.15) is 0 Å². The van der Waals surface area contributed by atoms with Gasteiger partial charge in [-0.15, -0.1) is 0 Å². The molecule has 0 aliphatic rings. The Morgan fingerprint density at radius 2 is 2.16 bits per heavy atom. The molecule has 0 fully saturated rings. The summed E-state index contributed by atoms with van der Waals surface area (Å²) in [4.78, 5) is 42.5. The Morgan fingerprint density at radius 1 is 1.58 bits per heavy atom. The SMILES string of the molecule is CC(=O)c1sc(NCC([PH](=O)O)P(=O)(O)O)nc1C. The van der Waals surface area contributed by atoms with E-state index < -0.39 is 21.0 Å². The van der Waals surface area contributed by atoms with Crippen molar-refractivity contribution in [1.82, 2.24) is 4.98 Å². The zero-order valence-electron chi connectivity index (χ0n) is 10.2. The second-order valence-corrected chi connectivity index (χ2v) is 8.47. The number of anilines is 1. The number of ketones is 1. The zero-order chi connectivity index (χ0) is 14.8. The third-order valence-electron chi connectivity index (χ3n) is 2.25. The van der Waals surface area contributed by atoms with Crippen LogP contribution in [-0.4, -0.2) is 37.4 Å². The van der Waals surface area contributed by atoms with Crippen molar-refractivity contribution < 1.29 is 28.6 Å². The monoisotopic (exact) mass is 328 g/mol. The molecule has 0 amide bonds. The number of thiazole rings is 1. The lowest BCUT2D eigenvalue weighted by atomic mass is 10.3. The van der Waals surface area contributed by atoms with Gasteiger partial charge in [-0.2, -0.15) is 0 Å². The van der Waals surface area contributed by atoms with Crippen molar-refractivity contribution in [3.8, 4) is 0 Å². The standard InChI is InChI=1S/C8H14N2O6P2S/c1-4-7(5(2)11)19-8(10-4)9-3-6(17(12)13)18(14,15)16/h6,17H,3H2,1-2H3,(H,9,10)(H,12,13)(H2,14,15,16). The minimum atomic E-state index is -4.66. The Bertz CT molecular complexity index is 553. The van der Waals surface area contributed by atoms with E-state index in [1.54, 1.807) is 6.92 Å². The largest absolute Gasteiger partial charge is 0.360 e. The molecule has 4 N–H and O–H groups in total. The summed E-state index contributed by atoms with van der Waals surface area (Å²) in [6.07, 6.45) is 0. The molecular weight excluding hydrogens is 314 g/mol. The highest BCUT2D eigenvalue weighted by Gasteiger charge is 2.33. The Labute approximate surface area is 113 Å². The van der Waals surface area contributed by atoms with Gasteiger partial charge in [0.25, 0.3) is 0 Å². The van der Waals surface area contributed by atoms with E-state index in [0.717, 1.165) is 11.3 Å². The first-order chi connectivity index (χ1) is 8.62. The molecule has 0 aliphatic carbocycles. The first kappa shape index (κ1) is 16.5. The first-order valence-corrected chi connectivity index (χ1v) is 9.06. The summed E-state index contributed by atoms with van der Waals surface area (Å²) >= 11 is 1.03. The Kier molecular flexibility index (Phi) is 5.43. The summed E-state index contributed by atoms with van der Waals surface area (Å²) in [5, 5.41) is 1.19. The molecule has 108 valence electrons. The van der Waals surface area contributed by atoms with Crippen molar-refractivity contribution in [2.45, 2.75) is 19.2 Å². The number of carbonyl (C=O) groups excluding carboxylic acids is 1. The van der Waals surface area contributed by atoms with Crippen molar-refractivity contribution in [2.75, 3.05) is 11.9 Å². The second-order valence-electron chi connectivity index (χ2n) is 3.81. The predicted octanol–water partition coefficient (Wildman–Crippen LogP) is 1.04. The minimum absolute atomic E-state index is 0.162. The predicted molar refractivity (Wildman–Crippen MR) is 72.4 cm³/mol. The average Bonchev–Trinajstić information content (AvgIpc) is 2.57. The Balaban J connectivity index is 2.81. The highest BCUT2D eigenvalue weighted by Crippen LogP contribution is 2.51. The molecule has 1 aromatic heterocycles. The van der Waals surface area contributed by atoms with E-state index in [0.29, 0.717) is 10.6 Å². The van der Waals surface area contributed by atoms with E-state index in [-0.39, 0.29) is 17.5 Å². The van der Waals surface area contributed by atoms with Crippen LogP contribution in [-0.2, 0) is 9.13 Å². The molecule has 2 atom stereocenters. The molecule has 0 radical (unpaired) electrons. The number of aryl methyl sites for hydroxylation is 1. The topological polar surface area (TPSA) is 137 Å². The highest BCUT2D eigenvalue weighted by molar-refractivity contribution is 7.65. The summed E-state index contributed by atoms with van der Waals surface area (Å²) in [6, 6.07) is 0. The van der Waals surface area contributed by atoms with Crippen molar-refractivity contribution in [3.63, 3.8) is 0 Å². The maximum atomic E-state index is 11.2. The fourth-order valence-corrected chi connectivity index (χ4v) is 3.96. The lowest BCUT2D eigenvalue weighted by Gasteiger charge is -2.15. The second kappa shape index (κ2) is 6.26. The van der Waals surface area contributed by atoms with Crippen LogP contribution >= 0.6 is 27.0 Å². The van der Waals surface area contributed by atoms with Gasteiger partial charge in [-0.25, -0.2) is 4.98 Å². The van der Waals surface area contributed by atoms with Crippen LogP contribution in [0.15, 0.2) is 0 Å². The number of Topliss-reactive ketones (excluding diaryl/α,β-unsaturated/α-hetero) is 1. The molecule has 1 rings (SSSR count). The van der Waals surface area contributed by atoms with Crippen LogP contribution in [0.4, 0.5) is 5.13 Å². The molecule has 0 saturated carbocycles. The molecule has 0 saturated heterocycles. The Morgan fingerprint density at radius 3 is 2.53 bits per heavy atom. The zero-order valence-corrected chi connectivity index (χ0v) is 12.9. The molecule has 19 heavy (non-hydrogen) atoms. The van der Waals surface area contributed by atoms with Crippen LogP contribution in [0.25, 0.3) is 0 Å². The van der Waals surface area contributed by atoms with Gasteiger partial charge in [0.2, 0.25) is 8.03 Å². The third kappa shape index (κ3) is 4.49. The van der Waals surface area contributed by atoms with Gasteiger partial charge in [0.15, 0.2) is 16.3 Å². The molecule has 1 heterocycles. The molecule has 0 aromatic carbocycles.